The fourth-order valence-corrected chi connectivity index (χ4v) is 5.66. The molecule has 0 atom stereocenters. The molecule has 0 amide bonds. The van der Waals surface area contributed by atoms with Gasteiger partial charge in [-0.2, -0.15) is 0 Å². The van der Waals surface area contributed by atoms with Gasteiger partial charge in [0.25, 0.3) is 0 Å². The van der Waals surface area contributed by atoms with Crippen molar-refractivity contribution < 1.29 is 4.74 Å². The van der Waals surface area contributed by atoms with Gasteiger partial charge in [-0.3, -0.25) is 0 Å². The Morgan fingerprint density at radius 2 is 2.21 bits per heavy atom. The van der Waals surface area contributed by atoms with E-state index >= 15 is 0 Å². The molecule has 98 valence electrons. The van der Waals surface area contributed by atoms with E-state index in [1.54, 1.807) is 12.3 Å². The van der Waals surface area contributed by atoms with Gasteiger partial charge in [-0.25, -0.2) is 0 Å². The van der Waals surface area contributed by atoms with Crippen molar-refractivity contribution in [2.75, 3.05) is 4.43 Å². The van der Waals surface area contributed by atoms with Crippen molar-refractivity contribution in [2.45, 2.75) is 6.92 Å². The second-order valence-electron chi connectivity index (χ2n) is 3.78. The van der Waals surface area contributed by atoms with E-state index in [1.807, 2.05) is 18.3 Å². The normalized spacial score (nSPS) is 14.5. The summed E-state index contributed by atoms with van der Waals surface area (Å²) in [5.74, 6) is 1.19. The molecule has 4 nitrogen and oxygen atoms in total. The first kappa shape index (κ1) is 12.8. The average Bonchev–Trinajstić information content (AvgIpc) is 2.81. The minimum atomic E-state index is -1.28. The van der Waals surface area contributed by atoms with Crippen LogP contribution in [0.3, 0.4) is 0 Å². The Morgan fingerprint density at radius 1 is 1.32 bits per heavy atom. The molecule has 0 radical (unpaired) electrons. The Hall–Kier alpha value is -1.21. The van der Waals surface area contributed by atoms with Crippen LogP contribution in [-0.4, -0.2) is 20.6 Å². The maximum atomic E-state index is 5.73. The quantitative estimate of drug-likeness (QED) is 0.455. The van der Waals surface area contributed by atoms with Crippen molar-refractivity contribution in [2.24, 2.45) is 3.21 Å². The van der Waals surface area contributed by atoms with Crippen molar-refractivity contribution >= 4 is 37.9 Å². The van der Waals surface area contributed by atoms with Gasteiger partial charge in [-0.15, -0.1) is 0 Å². The fraction of sp³-hybridized carbons (Fsp3) is 0.154. The number of benzene rings is 1. The van der Waals surface area contributed by atoms with E-state index in [9.17, 15) is 0 Å². The predicted octanol–water partition coefficient (Wildman–Crippen LogP) is 3.97. The summed E-state index contributed by atoms with van der Waals surface area (Å²) >= 11 is 4.44. The van der Waals surface area contributed by atoms with Gasteiger partial charge < -0.3 is 0 Å². The van der Waals surface area contributed by atoms with Crippen LogP contribution in [0.1, 0.15) is 12.5 Å². The summed E-state index contributed by atoms with van der Waals surface area (Å²) < 4.78 is 12.9. The maximum absolute atomic E-state index is 5.73. The first-order chi connectivity index (χ1) is 9.26. The van der Waals surface area contributed by atoms with Crippen molar-refractivity contribution in [3.63, 3.8) is 0 Å². The SMILES string of the molecule is CCI1N=Cc2cc(Oc3ccnc(Cl)n3)ccc21. The molecule has 0 unspecified atom stereocenters. The summed E-state index contributed by atoms with van der Waals surface area (Å²) in [7, 11) is 0. The Bertz CT molecular complexity index is 648. The van der Waals surface area contributed by atoms with Gasteiger partial charge >= 0.3 is 124 Å². The zero-order valence-corrected chi connectivity index (χ0v) is 13.1. The molecule has 1 aliphatic rings. The van der Waals surface area contributed by atoms with Crippen molar-refractivity contribution in [3.05, 3.63) is 44.9 Å². The Morgan fingerprint density at radius 3 is 3.00 bits per heavy atom. The molecule has 0 saturated carbocycles. The van der Waals surface area contributed by atoms with E-state index < -0.39 is 20.1 Å². The molecule has 0 aliphatic carbocycles. The van der Waals surface area contributed by atoms with E-state index in [1.165, 1.54) is 9.13 Å². The standard InChI is InChI=1S/C13H11ClIN3O/c1-2-15-11-4-3-10(7-9(11)8-17-15)19-12-5-6-16-13(14)18-12/h3-8H,2H2,1H3. The molecule has 19 heavy (non-hydrogen) atoms. The van der Waals surface area contributed by atoms with E-state index in [0.29, 0.717) is 5.88 Å². The minimum absolute atomic E-state index is 0.180. The summed E-state index contributed by atoms with van der Waals surface area (Å²) in [6, 6.07) is 7.76. The summed E-state index contributed by atoms with van der Waals surface area (Å²) in [6.45, 7) is 2.20. The van der Waals surface area contributed by atoms with Crippen molar-refractivity contribution in [1.82, 2.24) is 9.97 Å². The van der Waals surface area contributed by atoms with E-state index in [4.69, 9.17) is 16.3 Å². The predicted molar refractivity (Wildman–Crippen MR) is 84.4 cm³/mol. The van der Waals surface area contributed by atoms with Crippen LogP contribution >= 0.6 is 31.7 Å². The molecule has 0 bridgehead atoms. The molecule has 0 fully saturated rings. The molecule has 0 saturated heterocycles. The molecular weight excluding hydrogens is 377 g/mol. The monoisotopic (exact) mass is 387 g/mol. The van der Waals surface area contributed by atoms with Crippen molar-refractivity contribution in [1.29, 1.82) is 0 Å². The van der Waals surface area contributed by atoms with Crippen LogP contribution in [-0.2, 0) is 0 Å². The number of nitrogens with zero attached hydrogens (tertiary/aromatic N) is 3. The van der Waals surface area contributed by atoms with Crippen LogP contribution in [0.4, 0.5) is 0 Å². The van der Waals surface area contributed by atoms with E-state index in [0.717, 1.165) is 10.2 Å². The fourth-order valence-electron chi connectivity index (χ4n) is 1.76. The molecule has 2 heterocycles. The number of fused-ring (bicyclic) bond motifs is 1. The number of rotatable bonds is 3. The van der Waals surface area contributed by atoms with Crippen molar-refractivity contribution in [3.8, 4) is 11.6 Å². The molecule has 1 aromatic heterocycles. The van der Waals surface area contributed by atoms with Crippen LogP contribution in [0.25, 0.3) is 0 Å². The van der Waals surface area contributed by atoms with Gasteiger partial charge in [0.2, 0.25) is 0 Å². The molecule has 1 aliphatic heterocycles. The number of hydrogen-bond acceptors (Lipinski definition) is 4. The summed E-state index contributed by atoms with van der Waals surface area (Å²) in [5.41, 5.74) is 1.17. The van der Waals surface area contributed by atoms with Gasteiger partial charge in [0.1, 0.15) is 0 Å². The summed E-state index contributed by atoms with van der Waals surface area (Å²) in [5, 5.41) is 0.180. The number of hydrogen-bond donors (Lipinski definition) is 0. The van der Waals surface area contributed by atoms with Gasteiger partial charge in [0.05, 0.1) is 0 Å². The van der Waals surface area contributed by atoms with Crippen LogP contribution in [0.2, 0.25) is 5.28 Å². The molecular formula is C13H11ClIN3O. The van der Waals surface area contributed by atoms with E-state index in [2.05, 4.69) is 26.2 Å². The number of alkyl halides is 1. The van der Waals surface area contributed by atoms with Gasteiger partial charge in [-0.05, 0) is 0 Å². The Kier molecular flexibility index (Phi) is 3.65. The molecule has 3 rings (SSSR count). The number of ether oxygens (including phenoxy) is 1. The zero-order chi connectivity index (χ0) is 13.2. The Balaban J connectivity index is 1.86. The zero-order valence-electron chi connectivity index (χ0n) is 10.2. The van der Waals surface area contributed by atoms with Crippen LogP contribution in [0.5, 0.6) is 11.6 Å². The molecule has 2 aromatic rings. The molecule has 0 N–H and O–H groups in total. The van der Waals surface area contributed by atoms with Gasteiger partial charge in [0.15, 0.2) is 0 Å². The van der Waals surface area contributed by atoms with Crippen LogP contribution < -0.4 is 4.74 Å². The third-order valence-corrected chi connectivity index (χ3v) is 7.49. The summed E-state index contributed by atoms with van der Waals surface area (Å²) in [6.07, 6.45) is 3.53. The first-order valence-electron chi connectivity index (χ1n) is 5.77. The summed E-state index contributed by atoms with van der Waals surface area (Å²) in [4.78, 5) is 7.82. The Labute approximate surface area is 123 Å². The average molecular weight is 388 g/mol. The van der Waals surface area contributed by atoms with Gasteiger partial charge in [-0.1, -0.05) is 0 Å². The second kappa shape index (κ2) is 5.42. The number of aromatic nitrogens is 2. The van der Waals surface area contributed by atoms with E-state index in [-0.39, 0.29) is 5.28 Å². The first-order valence-corrected chi connectivity index (χ1v) is 9.71. The van der Waals surface area contributed by atoms with Crippen LogP contribution in [0, 0.1) is 3.57 Å². The molecule has 0 spiro atoms. The topological polar surface area (TPSA) is 47.4 Å². The second-order valence-corrected chi connectivity index (χ2v) is 9.29. The third-order valence-electron chi connectivity index (χ3n) is 2.58. The van der Waals surface area contributed by atoms with Crippen LogP contribution in [0.15, 0.2) is 33.7 Å². The molecule has 6 heteroatoms. The van der Waals surface area contributed by atoms with Gasteiger partial charge in [0, 0.05) is 0 Å². The molecule has 1 aromatic carbocycles. The number of halogens is 2. The third kappa shape index (κ3) is 2.71.